The normalized spacial score (nSPS) is 22.5. The molecule has 31 heavy (non-hydrogen) atoms. The number of benzene rings is 2. The molecule has 5 N–H and O–H groups in total. The molecule has 2 aromatic rings. The molecule has 0 heterocycles. The molecule has 0 radical (unpaired) electrons. The highest BCUT2D eigenvalue weighted by molar-refractivity contribution is 5.77. The van der Waals surface area contributed by atoms with Gasteiger partial charge in [0.05, 0.1) is 26.7 Å². The van der Waals surface area contributed by atoms with Gasteiger partial charge in [0, 0.05) is 12.3 Å². The quantitative estimate of drug-likeness (QED) is 0.338. The minimum atomic E-state index is -1.92. The molecular weight excluding hydrogens is 410 g/mol. The molecule has 0 fully saturated rings. The van der Waals surface area contributed by atoms with Gasteiger partial charge in [0.2, 0.25) is 5.75 Å². The average molecular weight is 433 g/mol. The highest BCUT2D eigenvalue weighted by Gasteiger charge is 2.54. The summed E-state index contributed by atoms with van der Waals surface area (Å²) in [6, 6.07) is 4.14. The molecule has 0 bridgehead atoms. The number of ether oxygens (including phenoxy) is 2. The van der Waals surface area contributed by atoms with Crippen LogP contribution in [0.15, 0.2) is 23.4 Å². The molecule has 0 saturated carbocycles. The van der Waals surface area contributed by atoms with Gasteiger partial charge < -0.3 is 35.0 Å². The summed E-state index contributed by atoms with van der Waals surface area (Å²) in [4.78, 5) is 24.3. The van der Waals surface area contributed by atoms with E-state index in [0.717, 1.165) is 0 Å². The highest BCUT2D eigenvalue weighted by Crippen LogP contribution is 2.53. The number of phenolic OH excluding ortho intramolecular Hbond substituents is 3. The maximum absolute atomic E-state index is 12.4. The zero-order chi connectivity index (χ0) is 23.1. The molecular formula is C21H23NO9. The first-order valence-corrected chi connectivity index (χ1v) is 9.33. The van der Waals surface area contributed by atoms with E-state index in [1.54, 1.807) is 0 Å². The van der Waals surface area contributed by atoms with Gasteiger partial charge in [-0.1, -0.05) is 5.18 Å². The fourth-order valence-electron chi connectivity index (χ4n) is 4.38. The van der Waals surface area contributed by atoms with E-state index in [1.165, 1.54) is 39.3 Å². The number of aliphatic hydroxyl groups excluding tert-OH is 1. The van der Waals surface area contributed by atoms with Gasteiger partial charge in [-0.3, -0.25) is 4.79 Å². The molecule has 2 unspecified atom stereocenters. The van der Waals surface area contributed by atoms with Gasteiger partial charge in [-0.05, 0) is 47.4 Å². The number of hydrogen-bond donors (Lipinski definition) is 5. The lowest BCUT2D eigenvalue weighted by Crippen LogP contribution is -2.51. The summed E-state index contributed by atoms with van der Waals surface area (Å²) in [5, 5.41) is 54.0. The number of rotatable bonds is 6. The number of fused-ring (bicyclic) bond motifs is 1. The van der Waals surface area contributed by atoms with E-state index in [-0.39, 0.29) is 34.8 Å². The number of carboxylic acid groups (broad SMARTS) is 1. The fraction of sp³-hybridized carbons (Fsp3) is 0.381. The Morgan fingerprint density at radius 1 is 1.10 bits per heavy atom. The number of aliphatic carboxylic acids is 1. The Morgan fingerprint density at radius 3 is 2.26 bits per heavy atom. The number of carboxylic acids is 1. The fourth-order valence-corrected chi connectivity index (χ4v) is 4.38. The van der Waals surface area contributed by atoms with Gasteiger partial charge in [-0.15, -0.1) is 0 Å². The minimum Gasteiger partial charge on any atom is -0.504 e. The van der Waals surface area contributed by atoms with Crippen LogP contribution < -0.4 is 9.47 Å². The first-order valence-electron chi connectivity index (χ1n) is 9.33. The molecule has 0 saturated heterocycles. The maximum Gasteiger partial charge on any atom is 0.310 e. The van der Waals surface area contributed by atoms with Crippen molar-refractivity contribution in [2.75, 3.05) is 20.8 Å². The number of carbonyl (C=O) groups is 1. The molecule has 0 amide bonds. The molecule has 10 heteroatoms. The summed E-state index contributed by atoms with van der Waals surface area (Å²) in [6.07, 6.45) is -0.202. The van der Waals surface area contributed by atoms with Crippen LogP contribution in [0.3, 0.4) is 0 Å². The lowest BCUT2D eigenvalue weighted by atomic mass is 9.62. The van der Waals surface area contributed by atoms with Crippen LogP contribution in [0.4, 0.5) is 0 Å². The molecule has 10 nitrogen and oxygen atoms in total. The summed E-state index contributed by atoms with van der Waals surface area (Å²) in [5.41, 5.74) is -0.744. The van der Waals surface area contributed by atoms with Crippen molar-refractivity contribution in [1.82, 2.24) is 0 Å². The Labute approximate surface area is 177 Å². The molecule has 3 atom stereocenters. The molecule has 3 rings (SSSR count). The summed E-state index contributed by atoms with van der Waals surface area (Å²) >= 11 is 0. The van der Waals surface area contributed by atoms with E-state index in [0.29, 0.717) is 11.1 Å². The van der Waals surface area contributed by atoms with E-state index in [1.807, 2.05) is 0 Å². The van der Waals surface area contributed by atoms with Crippen LogP contribution in [-0.4, -0.2) is 57.9 Å². The van der Waals surface area contributed by atoms with Crippen molar-refractivity contribution in [2.24, 2.45) is 11.1 Å². The molecule has 0 aliphatic heterocycles. The molecule has 0 aromatic heterocycles. The number of nitroso groups, excluding NO2 is 1. The van der Waals surface area contributed by atoms with Crippen LogP contribution in [-0.2, 0) is 11.2 Å². The number of nitrogens with zero attached hydrogens (tertiary/aromatic N) is 1. The first kappa shape index (κ1) is 22.2. The van der Waals surface area contributed by atoms with Gasteiger partial charge in [-0.25, -0.2) is 0 Å². The van der Waals surface area contributed by atoms with Crippen molar-refractivity contribution < 1.29 is 39.8 Å². The first-order chi connectivity index (χ1) is 14.6. The lowest BCUT2D eigenvalue weighted by Gasteiger charge is -2.42. The average Bonchev–Trinajstić information content (AvgIpc) is 2.76. The molecule has 0 spiro atoms. The van der Waals surface area contributed by atoms with Crippen molar-refractivity contribution in [1.29, 1.82) is 0 Å². The topological polar surface area (TPSA) is 166 Å². The van der Waals surface area contributed by atoms with Gasteiger partial charge in [0.15, 0.2) is 23.0 Å². The van der Waals surface area contributed by atoms with Crippen LogP contribution in [0, 0.1) is 17.7 Å². The Morgan fingerprint density at radius 2 is 1.74 bits per heavy atom. The molecule has 166 valence electrons. The van der Waals surface area contributed by atoms with Crippen LogP contribution in [0.2, 0.25) is 0 Å². The third-order valence-electron chi connectivity index (χ3n) is 5.99. The second-order valence-electron chi connectivity index (χ2n) is 7.54. The van der Waals surface area contributed by atoms with E-state index >= 15 is 0 Å². The van der Waals surface area contributed by atoms with Crippen LogP contribution in [0.1, 0.15) is 28.2 Å². The van der Waals surface area contributed by atoms with E-state index < -0.39 is 41.4 Å². The standard InChI is InChI=1S/C21H23NO9/c1-9-11(6-15(31-3)19(26)18(9)25)16-12-5-13(24)14(30-2)4-10(12)7-21(8-23,22-29)17(16)20(27)28/h4-6,16-17,23-26H,7-8H2,1-3H3,(H,27,28)/t16-,17?,21?/m0/s1. The summed E-state index contributed by atoms with van der Waals surface area (Å²) in [7, 11) is 2.60. The van der Waals surface area contributed by atoms with Gasteiger partial charge in [0.25, 0.3) is 0 Å². The Hall–Kier alpha value is -3.53. The van der Waals surface area contributed by atoms with Crippen LogP contribution in [0.5, 0.6) is 28.7 Å². The summed E-state index contributed by atoms with van der Waals surface area (Å²) in [5.74, 6) is -5.36. The number of phenols is 3. The third-order valence-corrected chi connectivity index (χ3v) is 5.99. The van der Waals surface area contributed by atoms with Gasteiger partial charge >= 0.3 is 5.97 Å². The van der Waals surface area contributed by atoms with Crippen molar-refractivity contribution in [3.63, 3.8) is 0 Å². The zero-order valence-corrected chi connectivity index (χ0v) is 17.1. The zero-order valence-electron chi connectivity index (χ0n) is 17.1. The van der Waals surface area contributed by atoms with Crippen molar-refractivity contribution in [3.05, 3.63) is 45.4 Å². The van der Waals surface area contributed by atoms with Gasteiger partial charge in [-0.2, -0.15) is 4.91 Å². The smallest absolute Gasteiger partial charge is 0.310 e. The second kappa shape index (κ2) is 7.95. The predicted octanol–water partition coefficient (Wildman–Crippen LogP) is 2.02. The number of aliphatic hydroxyl groups is 1. The minimum absolute atomic E-state index is 0.104. The monoisotopic (exact) mass is 433 g/mol. The summed E-state index contributed by atoms with van der Waals surface area (Å²) in [6.45, 7) is 0.627. The lowest BCUT2D eigenvalue weighted by molar-refractivity contribution is -0.146. The van der Waals surface area contributed by atoms with E-state index in [2.05, 4.69) is 5.18 Å². The number of aromatic hydroxyl groups is 3. The van der Waals surface area contributed by atoms with E-state index in [4.69, 9.17) is 9.47 Å². The Kier molecular flexibility index (Phi) is 5.68. The van der Waals surface area contributed by atoms with Crippen molar-refractivity contribution in [3.8, 4) is 28.7 Å². The SMILES string of the molecule is COc1cc2c(cc1O)[C@H](c1cc(OC)c(O)c(O)c1C)C(C(=O)O)C(CO)(N=O)C2. The van der Waals surface area contributed by atoms with Gasteiger partial charge in [0.1, 0.15) is 5.54 Å². The maximum atomic E-state index is 12.4. The van der Waals surface area contributed by atoms with Crippen LogP contribution in [0.25, 0.3) is 0 Å². The van der Waals surface area contributed by atoms with E-state index in [9.17, 15) is 35.2 Å². The third kappa shape index (κ3) is 3.28. The molecule has 2 aromatic carbocycles. The largest absolute Gasteiger partial charge is 0.504 e. The van der Waals surface area contributed by atoms with Crippen LogP contribution >= 0.6 is 0 Å². The predicted molar refractivity (Wildman–Crippen MR) is 108 cm³/mol. The molecule has 1 aliphatic rings. The second-order valence-corrected chi connectivity index (χ2v) is 7.54. The Bertz CT molecular complexity index is 1050. The molecule has 1 aliphatic carbocycles. The van der Waals surface area contributed by atoms with Crippen molar-refractivity contribution in [2.45, 2.75) is 24.8 Å². The Balaban J connectivity index is 2.43. The highest BCUT2D eigenvalue weighted by atomic mass is 16.5. The summed E-state index contributed by atoms with van der Waals surface area (Å²) < 4.78 is 10.2. The number of hydrogen-bond acceptors (Lipinski definition) is 9. The number of methoxy groups -OCH3 is 2. The van der Waals surface area contributed by atoms with Crippen molar-refractivity contribution >= 4 is 5.97 Å².